The minimum absolute atomic E-state index is 0.496. The van der Waals surface area contributed by atoms with Crippen molar-refractivity contribution in [1.82, 2.24) is 19.9 Å². The molecule has 0 atom stereocenters. The second-order valence-corrected chi connectivity index (χ2v) is 10.4. The summed E-state index contributed by atoms with van der Waals surface area (Å²) in [5.41, 5.74) is 12.2. The van der Waals surface area contributed by atoms with Gasteiger partial charge in [-0.3, -0.25) is 0 Å². The first-order chi connectivity index (χ1) is 19.4. The van der Waals surface area contributed by atoms with Crippen molar-refractivity contribution in [3.05, 3.63) is 131 Å². The van der Waals surface area contributed by atoms with E-state index in [-0.39, 0.29) is 0 Å². The number of aromatic nitrogens is 4. The third-order valence-corrected chi connectivity index (χ3v) is 7.04. The Bertz CT molecular complexity index is 1520. The van der Waals surface area contributed by atoms with E-state index in [9.17, 15) is 0 Å². The monoisotopic (exact) mass is 518 g/mol. The molecule has 4 nitrogen and oxygen atoms in total. The van der Waals surface area contributed by atoms with Crippen LogP contribution in [0.15, 0.2) is 109 Å². The summed E-state index contributed by atoms with van der Waals surface area (Å²) < 4.78 is 0. The van der Waals surface area contributed by atoms with Crippen molar-refractivity contribution in [2.45, 2.75) is 27.7 Å². The molecule has 0 saturated carbocycles. The molecule has 0 radical (unpaired) electrons. The highest BCUT2D eigenvalue weighted by molar-refractivity contribution is 5.74. The van der Waals surface area contributed by atoms with Crippen molar-refractivity contribution in [2.75, 3.05) is 0 Å². The highest BCUT2D eigenvalue weighted by atomic mass is 15.0. The van der Waals surface area contributed by atoms with Gasteiger partial charge in [0.2, 0.25) is 0 Å². The van der Waals surface area contributed by atoms with Crippen molar-refractivity contribution in [3.63, 3.8) is 0 Å². The van der Waals surface area contributed by atoms with Gasteiger partial charge in [-0.15, -0.1) is 0 Å². The Kier molecular flexibility index (Phi) is 6.75. The Labute approximate surface area is 235 Å². The van der Waals surface area contributed by atoms with Crippen LogP contribution in [0.1, 0.15) is 22.3 Å². The zero-order valence-corrected chi connectivity index (χ0v) is 23.2. The van der Waals surface area contributed by atoms with E-state index in [4.69, 9.17) is 19.9 Å². The van der Waals surface area contributed by atoms with Gasteiger partial charge in [-0.2, -0.15) is 0 Å². The van der Waals surface area contributed by atoms with Gasteiger partial charge in [-0.25, -0.2) is 19.9 Å². The summed E-state index contributed by atoms with van der Waals surface area (Å²) in [5.74, 6) is 0.993. The zero-order valence-electron chi connectivity index (χ0n) is 23.2. The summed E-state index contributed by atoms with van der Waals surface area (Å²) in [6.45, 7) is 8.35. The van der Waals surface area contributed by atoms with Gasteiger partial charge in [0.1, 0.15) is 0 Å². The number of aryl methyl sites for hydroxylation is 4. The van der Waals surface area contributed by atoms with E-state index in [0.717, 1.165) is 45.0 Å². The summed E-state index contributed by atoms with van der Waals surface area (Å²) in [4.78, 5) is 20.0. The van der Waals surface area contributed by atoms with Gasteiger partial charge >= 0.3 is 0 Å². The van der Waals surface area contributed by atoms with E-state index >= 15 is 0 Å². The smallest absolute Gasteiger partial charge is 0.198 e. The molecule has 0 aliphatic rings. The van der Waals surface area contributed by atoms with Gasteiger partial charge in [0, 0.05) is 22.3 Å². The van der Waals surface area contributed by atoms with Crippen LogP contribution in [0, 0.1) is 27.7 Å². The first-order valence-corrected chi connectivity index (χ1v) is 13.5. The predicted molar refractivity (Wildman–Crippen MR) is 164 cm³/mol. The van der Waals surface area contributed by atoms with E-state index < -0.39 is 0 Å². The van der Waals surface area contributed by atoms with Crippen molar-refractivity contribution >= 4 is 0 Å². The summed E-state index contributed by atoms with van der Waals surface area (Å²) in [6.07, 6.45) is 0. The van der Waals surface area contributed by atoms with Gasteiger partial charge in [0.05, 0.1) is 22.8 Å². The van der Waals surface area contributed by atoms with E-state index in [0.29, 0.717) is 11.6 Å². The maximum atomic E-state index is 5.01. The topological polar surface area (TPSA) is 51.6 Å². The molecule has 40 heavy (non-hydrogen) atoms. The highest BCUT2D eigenvalue weighted by Crippen LogP contribution is 2.30. The maximum absolute atomic E-state index is 5.01. The number of hydrogen-bond acceptors (Lipinski definition) is 4. The number of benzene rings is 4. The Morgan fingerprint density at radius 3 is 0.700 bits per heavy atom. The summed E-state index contributed by atoms with van der Waals surface area (Å²) in [6, 6.07) is 37.7. The van der Waals surface area contributed by atoms with Crippen LogP contribution in [0.25, 0.3) is 56.7 Å². The number of hydrogen-bond donors (Lipinski definition) is 0. The van der Waals surface area contributed by atoms with E-state index in [2.05, 4.69) is 125 Å². The summed E-state index contributed by atoms with van der Waals surface area (Å²) >= 11 is 0. The molecule has 0 aliphatic heterocycles. The largest absolute Gasteiger partial charge is 0.225 e. The lowest BCUT2D eigenvalue weighted by atomic mass is 10.0. The fourth-order valence-corrected chi connectivity index (χ4v) is 4.58. The van der Waals surface area contributed by atoms with Crippen LogP contribution in [0.2, 0.25) is 0 Å². The molecule has 2 heterocycles. The average molecular weight is 519 g/mol. The highest BCUT2D eigenvalue weighted by Gasteiger charge is 2.16. The standard InChI is InChI=1S/C36H30N4/c1-23-5-13-27(14-6-23)31-21-32(28-15-7-24(2)8-16-28)38-35(37-31)36-39-33(29-17-9-25(3)10-18-29)22-34(40-36)30-19-11-26(4)12-20-30/h5-22H,1-4H3. The molecular weight excluding hydrogens is 488 g/mol. The molecule has 4 aromatic carbocycles. The van der Waals surface area contributed by atoms with Crippen molar-refractivity contribution in [1.29, 1.82) is 0 Å². The Hall–Kier alpha value is -4.96. The minimum Gasteiger partial charge on any atom is -0.225 e. The van der Waals surface area contributed by atoms with Crippen molar-refractivity contribution in [2.24, 2.45) is 0 Å². The molecule has 0 unspecified atom stereocenters. The van der Waals surface area contributed by atoms with Gasteiger partial charge in [0.15, 0.2) is 11.6 Å². The first-order valence-electron chi connectivity index (χ1n) is 13.5. The lowest BCUT2D eigenvalue weighted by Gasteiger charge is -2.12. The molecule has 2 aromatic heterocycles. The molecule has 194 valence electrons. The SMILES string of the molecule is Cc1ccc(-c2cc(-c3ccc(C)cc3)nc(-c3nc(-c4ccc(C)cc4)cc(-c4ccc(C)cc4)n3)n2)cc1. The quantitative estimate of drug-likeness (QED) is 0.229. The molecule has 6 aromatic rings. The lowest BCUT2D eigenvalue weighted by Crippen LogP contribution is -2.02. The van der Waals surface area contributed by atoms with E-state index in [1.807, 2.05) is 12.1 Å². The van der Waals surface area contributed by atoms with Crippen LogP contribution in [0.4, 0.5) is 0 Å². The molecule has 0 bridgehead atoms. The lowest BCUT2D eigenvalue weighted by molar-refractivity contribution is 1.09. The first kappa shape index (κ1) is 25.3. The second-order valence-electron chi connectivity index (χ2n) is 10.4. The Balaban J connectivity index is 1.57. The Morgan fingerprint density at radius 2 is 0.500 bits per heavy atom. The van der Waals surface area contributed by atoms with Gasteiger partial charge < -0.3 is 0 Å². The fraction of sp³-hybridized carbons (Fsp3) is 0.111. The number of rotatable bonds is 5. The van der Waals surface area contributed by atoms with Crippen LogP contribution >= 0.6 is 0 Å². The van der Waals surface area contributed by atoms with Gasteiger partial charge in [-0.05, 0) is 39.8 Å². The molecule has 0 N–H and O–H groups in total. The maximum Gasteiger partial charge on any atom is 0.198 e. The summed E-state index contributed by atoms with van der Waals surface area (Å²) in [5, 5.41) is 0. The van der Waals surface area contributed by atoms with E-state index in [1.165, 1.54) is 22.3 Å². The third-order valence-electron chi connectivity index (χ3n) is 7.04. The van der Waals surface area contributed by atoms with Crippen LogP contribution in [-0.4, -0.2) is 19.9 Å². The molecular formula is C36H30N4. The molecule has 0 spiro atoms. The molecule has 0 aliphatic carbocycles. The van der Waals surface area contributed by atoms with Crippen LogP contribution in [0.5, 0.6) is 0 Å². The fourth-order valence-electron chi connectivity index (χ4n) is 4.58. The molecule has 4 heteroatoms. The zero-order chi connectivity index (χ0) is 27.6. The second kappa shape index (κ2) is 10.7. The van der Waals surface area contributed by atoms with Crippen LogP contribution < -0.4 is 0 Å². The minimum atomic E-state index is 0.496. The third kappa shape index (κ3) is 5.43. The van der Waals surface area contributed by atoms with Crippen molar-refractivity contribution in [3.8, 4) is 56.7 Å². The molecule has 0 saturated heterocycles. The molecule has 0 fully saturated rings. The predicted octanol–water partition coefficient (Wildman–Crippen LogP) is 8.84. The Morgan fingerprint density at radius 1 is 0.300 bits per heavy atom. The van der Waals surface area contributed by atoms with E-state index in [1.54, 1.807) is 0 Å². The summed E-state index contributed by atoms with van der Waals surface area (Å²) in [7, 11) is 0. The average Bonchev–Trinajstić information content (AvgIpc) is 2.98. The number of nitrogens with zero attached hydrogens (tertiary/aromatic N) is 4. The molecule has 6 rings (SSSR count). The normalized spacial score (nSPS) is 11.0. The van der Waals surface area contributed by atoms with Gasteiger partial charge in [-0.1, -0.05) is 119 Å². The molecule has 0 amide bonds. The van der Waals surface area contributed by atoms with Gasteiger partial charge in [0.25, 0.3) is 0 Å². The van der Waals surface area contributed by atoms with Crippen LogP contribution in [0.3, 0.4) is 0 Å². The van der Waals surface area contributed by atoms with Crippen molar-refractivity contribution < 1.29 is 0 Å². The van der Waals surface area contributed by atoms with Crippen LogP contribution in [-0.2, 0) is 0 Å².